The van der Waals surface area contributed by atoms with E-state index in [0.29, 0.717) is 23.4 Å². The Bertz CT molecular complexity index is 579. The third kappa shape index (κ3) is 2.57. The Morgan fingerprint density at radius 2 is 2.05 bits per heavy atom. The fraction of sp³-hybridized carbons (Fsp3) is 0.500. The largest absolute Gasteiger partial charge is 0.611 e. The predicted molar refractivity (Wildman–Crippen MR) is 67.5 cm³/mol. The summed E-state index contributed by atoms with van der Waals surface area (Å²) in [6.45, 7) is 0. The van der Waals surface area contributed by atoms with Gasteiger partial charge in [-0.1, -0.05) is 0 Å². The lowest BCUT2D eigenvalue weighted by Gasteiger charge is -2.29. The monoisotopic (exact) mass is 285 g/mol. The summed E-state index contributed by atoms with van der Waals surface area (Å²) < 4.78 is 38.5. The van der Waals surface area contributed by atoms with Crippen LogP contribution in [0.2, 0.25) is 0 Å². The maximum Gasteiger partial charge on any atom is 0.248 e. The molecule has 102 valence electrons. The maximum absolute atomic E-state index is 13.1. The Balaban J connectivity index is 1.78. The van der Waals surface area contributed by atoms with E-state index in [9.17, 15) is 13.3 Å². The van der Waals surface area contributed by atoms with Crippen LogP contribution in [0.4, 0.5) is 8.78 Å². The third-order valence-electron chi connectivity index (χ3n) is 3.47. The van der Waals surface area contributed by atoms with Crippen LogP contribution in [0.1, 0.15) is 25.7 Å². The standard InChI is InChI=1S/C12H13F2N3OS/c13-12(14)3-1-9(2-4-12)19(18)10-5-8-6-16-17-11(8)15-7-10/h5-7,9H,1-4H2,(H,15,16,17). The van der Waals surface area contributed by atoms with Gasteiger partial charge in [-0.25, -0.2) is 13.8 Å². The molecule has 2 heterocycles. The lowest BCUT2D eigenvalue weighted by molar-refractivity contribution is -0.0328. The van der Waals surface area contributed by atoms with E-state index in [4.69, 9.17) is 0 Å². The van der Waals surface area contributed by atoms with Crippen molar-refractivity contribution < 1.29 is 13.3 Å². The van der Waals surface area contributed by atoms with Crippen molar-refractivity contribution in [1.29, 1.82) is 0 Å². The van der Waals surface area contributed by atoms with Gasteiger partial charge in [0.25, 0.3) is 0 Å². The van der Waals surface area contributed by atoms with Gasteiger partial charge in [-0.3, -0.25) is 5.10 Å². The minimum Gasteiger partial charge on any atom is -0.611 e. The number of fused-ring (bicyclic) bond motifs is 1. The Labute approximate surface area is 111 Å². The molecule has 0 aromatic carbocycles. The summed E-state index contributed by atoms with van der Waals surface area (Å²) in [4.78, 5) is 4.71. The Hall–Kier alpha value is -1.21. The molecule has 1 saturated carbocycles. The molecule has 7 heteroatoms. The molecule has 0 aliphatic heterocycles. The second kappa shape index (κ2) is 4.72. The molecular formula is C12H13F2N3OS. The van der Waals surface area contributed by atoms with Crippen molar-refractivity contribution in [3.8, 4) is 0 Å². The van der Waals surface area contributed by atoms with E-state index in [2.05, 4.69) is 15.2 Å². The molecule has 19 heavy (non-hydrogen) atoms. The van der Waals surface area contributed by atoms with Gasteiger partial charge in [0, 0.05) is 37.1 Å². The van der Waals surface area contributed by atoms with Crippen LogP contribution in [-0.2, 0) is 11.2 Å². The van der Waals surface area contributed by atoms with Crippen LogP contribution < -0.4 is 0 Å². The number of H-pyrrole nitrogens is 1. The van der Waals surface area contributed by atoms with Gasteiger partial charge in [0.1, 0.15) is 5.25 Å². The van der Waals surface area contributed by atoms with Crippen LogP contribution in [0, 0.1) is 0 Å². The number of nitrogens with one attached hydrogen (secondary N) is 1. The number of hydrogen-bond acceptors (Lipinski definition) is 3. The summed E-state index contributed by atoms with van der Waals surface area (Å²) in [7, 11) is 0. The van der Waals surface area contributed by atoms with Gasteiger partial charge >= 0.3 is 0 Å². The maximum atomic E-state index is 13.1. The highest BCUT2D eigenvalue weighted by atomic mass is 32.2. The summed E-state index contributed by atoms with van der Waals surface area (Å²) in [5.41, 5.74) is 0.635. The summed E-state index contributed by atoms with van der Waals surface area (Å²) in [5.74, 6) is -2.59. The van der Waals surface area contributed by atoms with Crippen molar-refractivity contribution in [2.45, 2.75) is 41.8 Å². The van der Waals surface area contributed by atoms with Crippen LogP contribution in [0.25, 0.3) is 11.0 Å². The summed E-state index contributed by atoms with van der Waals surface area (Å²) in [6.07, 6.45) is 3.38. The second-order valence-corrected chi connectivity index (χ2v) is 6.56. The zero-order valence-electron chi connectivity index (χ0n) is 10.1. The number of aromatic nitrogens is 3. The van der Waals surface area contributed by atoms with Crippen molar-refractivity contribution in [3.63, 3.8) is 0 Å². The highest BCUT2D eigenvalue weighted by Crippen LogP contribution is 2.37. The summed E-state index contributed by atoms with van der Waals surface area (Å²) in [5, 5.41) is 7.15. The lowest BCUT2D eigenvalue weighted by Crippen LogP contribution is -2.32. The molecule has 1 aliphatic carbocycles. The Morgan fingerprint density at radius 3 is 2.79 bits per heavy atom. The zero-order chi connectivity index (χ0) is 13.5. The molecule has 1 atom stereocenters. The molecule has 0 bridgehead atoms. The van der Waals surface area contributed by atoms with Gasteiger partial charge in [-0.2, -0.15) is 5.10 Å². The molecule has 0 amide bonds. The van der Waals surface area contributed by atoms with E-state index in [1.54, 1.807) is 12.3 Å². The summed E-state index contributed by atoms with van der Waals surface area (Å²) >= 11 is -1.28. The van der Waals surface area contributed by atoms with Crippen molar-refractivity contribution in [3.05, 3.63) is 18.5 Å². The van der Waals surface area contributed by atoms with Gasteiger partial charge < -0.3 is 4.55 Å². The minimum atomic E-state index is -2.59. The minimum absolute atomic E-state index is 0.176. The van der Waals surface area contributed by atoms with E-state index in [0.717, 1.165) is 5.39 Å². The molecule has 0 radical (unpaired) electrons. The molecule has 1 unspecified atom stereocenters. The highest BCUT2D eigenvalue weighted by Gasteiger charge is 2.40. The fourth-order valence-electron chi connectivity index (χ4n) is 2.35. The molecule has 4 nitrogen and oxygen atoms in total. The van der Waals surface area contributed by atoms with Crippen molar-refractivity contribution in [2.75, 3.05) is 0 Å². The van der Waals surface area contributed by atoms with Crippen LogP contribution in [-0.4, -0.2) is 30.9 Å². The first-order chi connectivity index (χ1) is 9.05. The highest BCUT2D eigenvalue weighted by molar-refractivity contribution is 7.92. The number of nitrogens with zero attached hydrogens (tertiary/aromatic N) is 2. The first-order valence-corrected chi connectivity index (χ1v) is 7.34. The van der Waals surface area contributed by atoms with Gasteiger partial charge in [0.2, 0.25) is 5.92 Å². The first kappa shape index (κ1) is 12.8. The van der Waals surface area contributed by atoms with E-state index in [-0.39, 0.29) is 18.1 Å². The van der Waals surface area contributed by atoms with Gasteiger partial charge in [0.05, 0.1) is 12.4 Å². The van der Waals surface area contributed by atoms with Gasteiger partial charge in [0.15, 0.2) is 10.5 Å². The Morgan fingerprint density at radius 1 is 1.32 bits per heavy atom. The van der Waals surface area contributed by atoms with Crippen molar-refractivity contribution in [1.82, 2.24) is 15.2 Å². The average Bonchev–Trinajstić information content (AvgIpc) is 2.85. The third-order valence-corrected chi connectivity index (χ3v) is 5.23. The molecule has 0 saturated heterocycles. The Kier molecular flexibility index (Phi) is 3.18. The number of aromatic amines is 1. The van der Waals surface area contributed by atoms with E-state index in [1.807, 2.05) is 0 Å². The van der Waals surface area contributed by atoms with Crippen LogP contribution >= 0.6 is 0 Å². The quantitative estimate of drug-likeness (QED) is 0.863. The molecule has 3 rings (SSSR count). The normalized spacial score (nSPS) is 21.6. The average molecular weight is 285 g/mol. The van der Waals surface area contributed by atoms with Crippen LogP contribution in [0.5, 0.6) is 0 Å². The lowest BCUT2D eigenvalue weighted by atomic mass is 9.96. The number of alkyl halides is 2. The number of pyridine rings is 1. The second-order valence-electron chi connectivity index (χ2n) is 4.83. The zero-order valence-corrected chi connectivity index (χ0v) is 10.9. The SMILES string of the molecule is [O-][S+](c1cnc2[nH]ncc2c1)C1CCC(F)(F)CC1. The first-order valence-electron chi connectivity index (χ1n) is 6.13. The molecule has 2 aromatic rings. The van der Waals surface area contributed by atoms with Crippen LogP contribution in [0.15, 0.2) is 23.4 Å². The predicted octanol–water partition coefficient (Wildman–Crippen LogP) is 2.64. The van der Waals surface area contributed by atoms with E-state index >= 15 is 0 Å². The topological polar surface area (TPSA) is 64.6 Å². The summed E-state index contributed by atoms with van der Waals surface area (Å²) in [6, 6.07) is 1.76. The van der Waals surface area contributed by atoms with Crippen molar-refractivity contribution >= 4 is 22.2 Å². The van der Waals surface area contributed by atoms with Gasteiger partial charge in [-0.15, -0.1) is 0 Å². The van der Waals surface area contributed by atoms with Gasteiger partial charge in [-0.05, 0) is 11.2 Å². The van der Waals surface area contributed by atoms with E-state index in [1.165, 1.54) is 6.20 Å². The molecular weight excluding hydrogens is 272 g/mol. The van der Waals surface area contributed by atoms with Crippen LogP contribution in [0.3, 0.4) is 0 Å². The molecule has 2 aromatic heterocycles. The smallest absolute Gasteiger partial charge is 0.248 e. The number of rotatable bonds is 2. The van der Waals surface area contributed by atoms with E-state index < -0.39 is 17.1 Å². The molecule has 1 N–H and O–H groups in total. The fourth-order valence-corrected chi connectivity index (χ4v) is 3.80. The number of hydrogen-bond donors (Lipinski definition) is 1. The molecule has 1 fully saturated rings. The molecule has 0 spiro atoms. The molecule has 1 aliphatic rings. The van der Waals surface area contributed by atoms with Crippen molar-refractivity contribution in [2.24, 2.45) is 0 Å². The number of halogens is 2.